The molecule has 1 aliphatic rings. The molecule has 0 radical (unpaired) electrons. The number of methoxy groups -OCH3 is 1. The molecule has 0 saturated carbocycles. The Morgan fingerprint density at radius 3 is 2.76 bits per heavy atom. The Bertz CT molecular complexity index is 359. The Hall–Kier alpha value is -1.10. The van der Waals surface area contributed by atoms with Gasteiger partial charge in [-0.3, -0.25) is 0 Å². The van der Waals surface area contributed by atoms with Gasteiger partial charge in [0.1, 0.15) is 5.75 Å². The average Bonchev–Trinajstić information content (AvgIpc) is 2.33. The number of nitrogens with one attached hydrogen (secondary N) is 1. The minimum absolute atomic E-state index is 0.141. The Balaban J connectivity index is 1.85. The summed E-state index contributed by atoms with van der Waals surface area (Å²) in [5.74, 6) is 0.923. The molecule has 94 valence electrons. The summed E-state index contributed by atoms with van der Waals surface area (Å²) in [7, 11) is 1.69. The van der Waals surface area contributed by atoms with Crippen LogP contribution in [0.3, 0.4) is 0 Å². The molecule has 1 heterocycles. The lowest BCUT2D eigenvalue weighted by molar-refractivity contribution is -0.105. The highest BCUT2D eigenvalue weighted by Gasteiger charge is 2.36. The summed E-state index contributed by atoms with van der Waals surface area (Å²) >= 11 is 0. The van der Waals surface area contributed by atoms with Gasteiger partial charge in [0.25, 0.3) is 0 Å². The van der Waals surface area contributed by atoms with Crippen molar-refractivity contribution in [2.75, 3.05) is 33.4 Å². The van der Waals surface area contributed by atoms with Crippen LogP contribution in [0.5, 0.6) is 5.75 Å². The topological polar surface area (TPSA) is 56.5 Å². The Kier molecular flexibility index (Phi) is 3.99. The summed E-state index contributed by atoms with van der Waals surface area (Å²) in [6.45, 7) is 3.89. The van der Waals surface area contributed by atoms with Crippen LogP contribution in [0, 0.1) is 5.41 Å². The van der Waals surface area contributed by atoms with Gasteiger partial charge in [-0.05, 0) is 6.07 Å². The summed E-state index contributed by atoms with van der Waals surface area (Å²) in [6.07, 6.45) is 0. The predicted octanol–water partition coefficient (Wildman–Crippen LogP) is 0.760. The van der Waals surface area contributed by atoms with Crippen LogP contribution in [0.4, 0.5) is 0 Å². The van der Waals surface area contributed by atoms with Gasteiger partial charge in [-0.15, -0.1) is 0 Å². The number of rotatable bonds is 6. The van der Waals surface area contributed by atoms with E-state index in [1.165, 1.54) is 5.56 Å². The van der Waals surface area contributed by atoms with E-state index in [1.54, 1.807) is 7.11 Å². The maximum Gasteiger partial charge on any atom is 0.123 e. The van der Waals surface area contributed by atoms with E-state index in [2.05, 4.69) is 11.4 Å². The highest BCUT2D eigenvalue weighted by molar-refractivity contribution is 5.32. The minimum atomic E-state index is 0.141. The number of benzene rings is 1. The lowest BCUT2D eigenvalue weighted by Crippen LogP contribution is -2.54. The smallest absolute Gasteiger partial charge is 0.123 e. The molecule has 3 N–H and O–H groups in total. The van der Waals surface area contributed by atoms with Crippen molar-refractivity contribution in [3.63, 3.8) is 0 Å². The maximum absolute atomic E-state index is 5.76. The van der Waals surface area contributed by atoms with E-state index in [-0.39, 0.29) is 5.41 Å². The zero-order chi connectivity index (χ0) is 12.1. The molecule has 0 unspecified atom stereocenters. The first-order chi connectivity index (χ1) is 8.29. The van der Waals surface area contributed by atoms with Gasteiger partial charge in [-0.1, -0.05) is 18.2 Å². The molecule has 0 aromatic heterocycles. The van der Waals surface area contributed by atoms with Gasteiger partial charge in [0, 0.05) is 30.6 Å². The second-order valence-corrected chi connectivity index (χ2v) is 4.61. The summed E-state index contributed by atoms with van der Waals surface area (Å²) < 4.78 is 10.5. The van der Waals surface area contributed by atoms with Crippen LogP contribution >= 0.6 is 0 Å². The Morgan fingerprint density at radius 2 is 2.18 bits per heavy atom. The largest absolute Gasteiger partial charge is 0.496 e. The van der Waals surface area contributed by atoms with E-state index >= 15 is 0 Å². The van der Waals surface area contributed by atoms with Crippen molar-refractivity contribution in [3.05, 3.63) is 29.8 Å². The highest BCUT2D eigenvalue weighted by atomic mass is 16.5. The van der Waals surface area contributed by atoms with E-state index in [0.717, 1.165) is 32.1 Å². The Morgan fingerprint density at radius 1 is 1.41 bits per heavy atom. The molecule has 4 heteroatoms. The van der Waals surface area contributed by atoms with Gasteiger partial charge in [0.2, 0.25) is 0 Å². The molecule has 0 bridgehead atoms. The predicted molar refractivity (Wildman–Crippen MR) is 67.0 cm³/mol. The number of ether oxygens (including phenoxy) is 2. The minimum Gasteiger partial charge on any atom is -0.496 e. The SMILES string of the molecule is COc1ccccc1CNCC1(CN)COC1. The third-order valence-electron chi connectivity index (χ3n) is 3.26. The van der Waals surface area contributed by atoms with Gasteiger partial charge in [-0.25, -0.2) is 0 Å². The molecule has 1 saturated heterocycles. The molecule has 0 aliphatic carbocycles. The van der Waals surface area contributed by atoms with Gasteiger partial charge < -0.3 is 20.5 Å². The fraction of sp³-hybridized carbons (Fsp3) is 0.538. The van der Waals surface area contributed by atoms with Crippen molar-refractivity contribution < 1.29 is 9.47 Å². The molecular formula is C13H20N2O2. The van der Waals surface area contributed by atoms with Crippen LogP contribution in [0.2, 0.25) is 0 Å². The number of nitrogens with two attached hydrogens (primary N) is 1. The van der Waals surface area contributed by atoms with Gasteiger partial charge in [0.05, 0.1) is 20.3 Å². The van der Waals surface area contributed by atoms with Crippen molar-refractivity contribution in [3.8, 4) is 5.75 Å². The van der Waals surface area contributed by atoms with Crippen molar-refractivity contribution in [2.24, 2.45) is 11.1 Å². The molecule has 1 aliphatic heterocycles. The van der Waals surface area contributed by atoms with Crippen molar-refractivity contribution in [1.82, 2.24) is 5.32 Å². The lowest BCUT2D eigenvalue weighted by atomic mass is 9.86. The number of hydrogen-bond acceptors (Lipinski definition) is 4. The first kappa shape index (κ1) is 12.4. The number of para-hydroxylation sites is 1. The van der Waals surface area contributed by atoms with E-state index in [4.69, 9.17) is 15.2 Å². The zero-order valence-electron chi connectivity index (χ0n) is 10.2. The zero-order valence-corrected chi connectivity index (χ0v) is 10.2. The van der Waals surface area contributed by atoms with Gasteiger partial charge in [0.15, 0.2) is 0 Å². The quantitative estimate of drug-likeness (QED) is 0.765. The van der Waals surface area contributed by atoms with E-state index < -0.39 is 0 Å². The van der Waals surface area contributed by atoms with E-state index in [1.807, 2.05) is 18.2 Å². The van der Waals surface area contributed by atoms with Crippen LogP contribution in [-0.2, 0) is 11.3 Å². The normalized spacial score (nSPS) is 17.5. The molecule has 17 heavy (non-hydrogen) atoms. The fourth-order valence-electron chi connectivity index (χ4n) is 1.99. The molecule has 0 spiro atoms. The molecule has 4 nitrogen and oxygen atoms in total. The summed E-state index contributed by atoms with van der Waals surface area (Å²) in [5, 5.41) is 3.43. The van der Waals surface area contributed by atoms with E-state index in [9.17, 15) is 0 Å². The fourth-order valence-corrected chi connectivity index (χ4v) is 1.99. The molecular weight excluding hydrogens is 216 g/mol. The second-order valence-electron chi connectivity index (χ2n) is 4.61. The molecule has 0 amide bonds. The standard InChI is InChI=1S/C13H20N2O2/c1-16-12-5-3-2-4-11(12)6-15-8-13(7-14)9-17-10-13/h2-5,15H,6-10,14H2,1H3. The molecule has 1 aromatic rings. The number of hydrogen-bond donors (Lipinski definition) is 2. The molecule has 2 rings (SSSR count). The van der Waals surface area contributed by atoms with Crippen molar-refractivity contribution in [1.29, 1.82) is 0 Å². The highest BCUT2D eigenvalue weighted by Crippen LogP contribution is 2.25. The van der Waals surface area contributed by atoms with E-state index in [0.29, 0.717) is 6.54 Å². The monoisotopic (exact) mass is 236 g/mol. The first-order valence-corrected chi connectivity index (χ1v) is 5.90. The summed E-state index contributed by atoms with van der Waals surface area (Å²) in [4.78, 5) is 0. The van der Waals surface area contributed by atoms with Gasteiger partial charge >= 0.3 is 0 Å². The lowest BCUT2D eigenvalue weighted by Gasteiger charge is -2.40. The second kappa shape index (κ2) is 5.49. The van der Waals surface area contributed by atoms with Crippen LogP contribution in [0.15, 0.2) is 24.3 Å². The van der Waals surface area contributed by atoms with Crippen LogP contribution in [-0.4, -0.2) is 33.4 Å². The molecule has 1 aromatic carbocycles. The molecule has 0 atom stereocenters. The van der Waals surface area contributed by atoms with Crippen LogP contribution in [0.25, 0.3) is 0 Å². The Labute approximate surface area is 102 Å². The third kappa shape index (κ3) is 2.77. The average molecular weight is 236 g/mol. The summed E-state index contributed by atoms with van der Waals surface area (Å²) in [5.41, 5.74) is 7.07. The maximum atomic E-state index is 5.76. The van der Waals surface area contributed by atoms with Crippen LogP contribution in [0.1, 0.15) is 5.56 Å². The molecule has 1 fully saturated rings. The third-order valence-corrected chi connectivity index (χ3v) is 3.26. The van der Waals surface area contributed by atoms with Crippen molar-refractivity contribution >= 4 is 0 Å². The summed E-state index contributed by atoms with van der Waals surface area (Å²) in [6, 6.07) is 8.04. The first-order valence-electron chi connectivity index (χ1n) is 5.90. The van der Waals surface area contributed by atoms with Crippen LogP contribution < -0.4 is 15.8 Å². The van der Waals surface area contributed by atoms with Crippen molar-refractivity contribution in [2.45, 2.75) is 6.54 Å². The van der Waals surface area contributed by atoms with Gasteiger partial charge in [-0.2, -0.15) is 0 Å².